The lowest BCUT2D eigenvalue weighted by Gasteiger charge is -2.59. The molecule has 5 fully saturated rings. The normalized spacial score (nSPS) is 23.0. The number of nitrogens with zero attached hydrogens (tertiary/aromatic N) is 7. The third kappa shape index (κ3) is 8.67. The number of fused-ring (bicyclic) bond motifs is 2. The fourth-order valence-electron chi connectivity index (χ4n) is 10.8. The minimum absolute atomic E-state index is 0.0280. The lowest BCUT2D eigenvalue weighted by Crippen LogP contribution is -2.66. The molecule has 1 spiro atoms. The number of benzene rings is 2. The fourth-order valence-corrected chi connectivity index (χ4v) is 11.0. The largest absolute Gasteiger partial charge is 0.478 e. The number of anilines is 4. The average molecular weight is 939 g/mol. The summed E-state index contributed by atoms with van der Waals surface area (Å²) in [4.78, 5) is 80.0. The summed E-state index contributed by atoms with van der Waals surface area (Å²) in [5.74, 6) is -0.804. The van der Waals surface area contributed by atoms with Gasteiger partial charge in [0.25, 0.3) is 17.4 Å². The minimum Gasteiger partial charge on any atom is -0.478 e. The lowest BCUT2D eigenvalue weighted by atomic mass is 9.69. The average Bonchev–Trinajstić information content (AvgIpc) is 3.63. The van der Waals surface area contributed by atoms with Crippen molar-refractivity contribution in [2.24, 2.45) is 5.41 Å². The van der Waals surface area contributed by atoms with Crippen LogP contribution in [0.2, 0.25) is 5.02 Å². The number of likely N-dealkylation sites (N-methyl/N-ethyl adjacent to an activating group) is 1. The van der Waals surface area contributed by atoms with E-state index in [0.29, 0.717) is 45.3 Å². The second-order valence-electron chi connectivity index (χ2n) is 19.3. The molecule has 3 N–H and O–H groups in total. The number of aromatic nitrogens is 3. The first-order valence-electron chi connectivity index (χ1n) is 23.4. The first-order valence-corrected chi connectivity index (χ1v) is 23.8. The molecule has 6 aliphatic rings. The van der Waals surface area contributed by atoms with Gasteiger partial charge in [-0.1, -0.05) is 11.6 Å². The van der Waals surface area contributed by atoms with Crippen LogP contribution in [0.3, 0.4) is 0 Å². The van der Waals surface area contributed by atoms with Gasteiger partial charge in [0.05, 0.1) is 36.2 Å². The number of amides is 4. The highest BCUT2D eigenvalue weighted by Crippen LogP contribution is 2.46. The highest BCUT2D eigenvalue weighted by Gasteiger charge is 2.50. The summed E-state index contributed by atoms with van der Waals surface area (Å²) < 4.78 is 29.9. The molecule has 2 aromatic carbocycles. The molecule has 7 heterocycles. The molecular formula is C48H56ClFN10O7. The lowest BCUT2D eigenvalue weighted by molar-refractivity contribution is -0.137. The number of halogens is 2. The Morgan fingerprint density at radius 2 is 1.75 bits per heavy atom. The van der Waals surface area contributed by atoms with Gasteiger partial charge in [0.15, 0.2) is 24.0 Å². The molecule has 5 aliphatic heterocycles. The van der Waals surface area contributed by atoms with Gasteiger partial charge in [0.2, 0.25) is 17.8 Å². The Bertz CT molecular complexity index is 2690. The summed E-state index contributed by atoms with van der Waals surface area (Å²) in [7, 11) is 1.51. The van der Waals surface area contributed by atoms with Crippen LogP contribution >= 0.6 is 11.6 Å². The highest BCUT2D eigenvalue weighted by atomic mass is 35.5. The van der Waals surface area contributed by atoms with E-state index in [2.05, 4.69) is 35.6 Å². The molecule has 0 radical (unpaired) electrons. The maximum Gasteiger partial charge on any atom is 0.293 e. The molecule has 2 aromatic heterocycles. The first-order chi connectivity index (χ1) is 32.3. The van der Waals surface area contributed by atoms with Gasteiger partial charge < -0.3 is 39.4 Å². The Morgan fingerprint density at radius 1 is 0.985 bits per heavy atom. The van der Waals surface area contributed by atoms with Crippen molar-refractivity contribution in [3.63, 3.8) is 0 Å². The van der Waals surface area contributed by atoms with Gasteiger partial charge in [0.1, 0.15) is 11.1 Å². The van der Waals surface area contributed by atoms with Gasteiger partial charge in [-0.2, -0.15) is 4.98 Å². The summed E-state index contributed by atoms with van der Waals surface area (Å²) in [5.41, 5.74) is 2.51. The van der Waals surface area contributed by atoms with E-state index in [9.17, 15) is 24.0 Å². The minimum atomic E-state index is -0.772. The number of imide groups is 1. The van der Waals surface area contributed by atoms with Crippen molar-refractivity contribution in [2.45, 2.75) is 102 Å². The highest BCUT2D eigenvalue weighted by molar-refractivity contribution is 6.33. The van der Waals surface area contributed by atoms with Crippen molar-refractivity contribution in [2.75, 3.05) is 68.0 Å². The van der Waals surface area contributed by atoms with Crippen LogP contribution in [0.25, 0.3) is 10.9 Å². The molecule has 1 atom stereocenters. The Balaban J connectivity index is 0.676. The Labute approximate surface area is 392 Å². The maximum atomic E-state index is 16.0. The van der Waals surface area contributed by atoms with Crippen LogP contribution < -0.4 is 36.0 Å². The van der Waals surface area contributed by atoms with Crippen LogP contribution in [-0.2, 0) is 25.7 Å². The van der Waals surface area contributed by atoms with Gasteiger partial charge in [-0.05, 0) is 101 Å². The van der Waals surface area contributed by atoms with Crippen LogP contribution in [0, 0.1) is 11.2 Å². The quantitative estimate of drug-likeness (QED) is 0.163. The molecule has 1 saturated carbocycles. The predicted octanol–water partition coefficient (Wildman–Crippen LogP) is 4.91. The topological polar surface area (TPSA) is 184 Å². The van der Waals surface area contributed by atoms with Crippen LogP contribution in [-0.4, -0.2) is 125 Å². The number of hydrogen-bond acceptors (Lipinski definition) is 13. The number of nitrogens with one attached hydrogen (secondary N) is 3. The number of carbonyl (C=O) groups excluding carboxylic acids is 4. The van der Waals surface area contributed by atoms with E-state index in [1.807, 2.05) is 32.0 Å². The number of ether oxygens (including phenoxy) is 2. The third-order valence-corrected chi connectivity index (χ3v) is 15.0. The number of likely N-dealkylation sites (tertiary alicyclic amines) is 1. The predicted molar refractivity (Wildman–Crippen MR) is 250 cm³/mol. The molecule has 4 amide bonds. The van der Waals surface area contributed by atoms with Gasteiger partial charge in [0, 0.05) is 87.0 Å². The Kier molecular flexibility index (Phi) is 12.1. The van der Waals surface area contributed by atoms with Crippen molar-refractivity contribution < 1.29 is 33.0 Å². The maximum absolute atomic E-state index is 16.0. The van der Waals surface area contributed by atoms with Gasteiger partial charge >= 0.3 is 0 Å². The van der Waals surface area contributed by atoms with Gasteiger partial charge in [-0.15, -0.1) is 0 Å². The zero-order valence-electron chi connectivity index (χ0n) is 38.0. The Morgan fingerprint density at radius 3 is 2.46 bits per heavy atom. The number of piperidine rings is 3. The number of rotatable bonds is 12. The molecule has 4 aromatic rings. The molecule has 10 rings (SSSR count). The van der Waals surface area contributed by atoms with Crippen LogP contribution in [0.15, 0.2) is 47.4 Å². The molecule has 67 heavy (non-hydrogen) atoms. The second kappa shape index (κ2) is 18.0. The summed E-state index contributed by atoms with van der Waals surface area (Å²) >= 11 is 6.60. The molecule has 1 aliphatic carbocycles. The van der Waals surface area contributed by atoms with E-state index in [1.165, 1.54) is 11.9 Å². The molecule has 0 unspecified atom stereocenters. The third-order valence-electron chi connectivity index (χ3n) is 14.7. The molecular weight excluding hydrogens is 883 g/mol. The summed E-state index contributed by atoms with van der Waals surface area (Å²) in [6.45, 7) is 8.70. The van der Waals surface area contributed by atoms with E-state index >= 15 is 4.39 Å². The van der Waals surface area contributed by atoms with Crippen LogP contribution in [0.5, 0.6) is 5.75 Å². The molecule has 0 bridgehead atoms. The molecule has 4 saturated heterocycles. The molecule has 17 nitrogen and oxygen atoms in total. The van der Waals surface area contributed by atoms with Crippen molar-refractivity contribution in [3.8, 4) is 5.75 Å². The van der Waals surface area contributed by atoms with Gasteiger partial charge in [-0.25, -0.2) is 9.37 Å². The van der Waals surface area contributed by atoms with E-state index in [4.69, 9.17) is 26.1 Å². The van der Waals surface area contributed by atoms with Crippen LogP contribution in [0.1, 0.15) is 87.2 Å². The van der Waals surface area contributed by atoms with E-state index in [-0.39, 0.29) is 84.5 Å². The SMILES string of the molecule is CNC(=O)COc1cc2cc(Nc3nc(N4CCC(OC5CC(N6CC7(CCN(c8ccc9c(c8F)CN([C@@H]8CCC(=O)NC8=O)C9=O)CC7)C6)C5)CC4)ncc3Cl)ccc2n(C(C)C)c1=O. The van der Waals surface area contributed by atoms with E-state index < -0.39 is 11.9 Å². The Hall–Kier alpha value is -5.85. The molecule has 19 heteroatoms. The van der Waals surface area contributed by atoms with E-state index in [1.54, 1.807) is 29.0 Å². The van der Waals surface area contributed by atoms with Gasteiger partial charge in [-0.3, -0.25) is 34.2 Å². The zero-order chi connectivity index (χ0) is 46.7. The number of carbonyl (C=O) groups is 4. The van der Waals surface area contributed by atoms with Crippen molar-refractivity contribution in [1.82, 2.24) is 35.0 Å². The fraction of sp³-hybridized carbons (Fsp3) is 0.521. The smallest absolute Gasteiger partial charge is 0.293 e. The van der Waals surface area contributed by atoms with Crippen LogP contribution in [0.4, 0.5) is 27.5 Å². The van der Waals surface area contributed by atoms with Crippen molar-refractivity contribution in [3.05, 3.63) is 74.9 Å². The summed E-state index contributed by atoms with van der Waals surface area (Å²) in [6.07, 6.45) is 8.17. The number of pyridine rings is 1. The second-order valence-corrected chi connectivity index (χ2v) is 19.7. The summed E-state index contributed by atoms with van der Waals surface area (Å²) in [6, 6.07) is 10.3. The molecule has 354 valence electrons. The standard InChI is InChI=1S/C48H56ClFN10O7/c1-27(2)60-36-6-4-29(18-28(36)19-39(46(60)65)66-24-41(62)51-3)53-43-35(49)22-52-47(55-43)57-14-10-31(11-15-57)67-32-20-30(21-32)58-25-48(26-58)12-16-56(17-13-48)37-7-5-33-34(42(37)50)23-59(45(33)64)38-8-9-40(61)54-44(38)63/h4-7,18-19,22,27,30-32,38H,8-17,20-21,23-26H2,1-3H3,(H,51,62)(H,52,53,55)(H,54,61,63)/t30?,32?,38-/m1/s1. The van der Waals surface area contributed by atoms with Crippen molar-refractivity contribution >= 4 is 69.3 Å². The number of hydrogen-bond donors (Lipinski definition) is 3. The monoisotopic (exact) mass is 938 g/mol. The van der Waals surface area contributed by atoms with Crippen molar-refractivity contribution in [1.29, 1.82) is 0 Å². The zero-order valence-corrected chi connectivity index (χ0v) is 38.7. The van der Waals surface area contributed by atoms with E-state index in [0.717, 1.165) is 88.7 Å². The first kappa shape index (κ1) is 45.0. The summed E-state index contributed by atoms with van der Waals surface area (Å²) in [5, 5.41) is 9.26.